The first-order valence-electron chi connectivity index (χ1n) is 5.97. The van der Waals surface area contributed by atoms with Crippen molar-refractivity contribution < 1.29 is 9.90 Å². The molecule has 2 unspecified atom stereocenters. The number of rotatable bonds is 3. The van der Waals surface area contributed by atoms with Crippen molar-refractivity contribution in [1.29, 1.82) is 0 Å². The van der Waals surface area contributed by atoms with Gasteiger partial charge < -0.3 is 10.4 Å². The maximum absolute atomic E-state index is 11.7. The average Bonchev–Trinajstić information content (AvgIpc) is 2.11. The zero-order valence-corrected chi connectivity index (χ0v) is 9.62. The Balaban J connectivity index is 1.75. The number of nitrogens with one attached hydrogen (secondary N) is 1. The maximum atomic E-state index is 11.7. The van der Waals surface area contributed by atoms with Crippen molar-refractivity contribution in [3.05, 3.63) is 0 Å². The van der Waals surface area contributed by atoms with Gasteiger partial charge in [0.2, 0.25) is 5.91 Å². The van der Waals surface area contributed by atoms with E-state index in [1.54, 1.807) is 0 Å². The first kappa shape index (κ1) is 10.9. The van der Waals surface area contributed by atoms with E-state index in [-0.39, 0.29) is 23.5 Å². The number of aliphatic hydroxyl groups excluding tert-OH is 1. The molecule has 15 heavy (non-hydrogen) atoms. The van der Waals surface area contributed by atoms with E-state index in [2.05, 4.69) is 5.32 Å². The van der Waals surface area contributed by atoms with E-state index in [0.29, 0.717) is 18.8 Å². The van der Waals surface area contributed by atoms with Crippen molar-refractivity contribution in [3.63, 3.8) is 0 Å². The highest BCUT2D eigenvalue weighted by molar-refractivity contribution is 5.76. The Hall–Kier alpha value is -0.570. The predicted octanol–water partition coefficient (Wildman–Crippen LogP) is 1.45. The normalized spacial score (nSPS) is 34.1. The molecule has 0 aromatic heterocycles. The molecule has 2 rings (SSSR count). The van der Waals surface area contributed by atoms with Gasteiger partial charge in [0, 0.05) is 17.9 Å². The van der Waals surface area contributed by atoms with E-state index in [1.807, 2.05) is 13.8 Å². The molecule has 2 atom stereocenters. The van der Waals surface area contributed by atoms with Crippen LogP contribution in [0.1, 0.15) is 46.0 Å². The summed E-state index contributed by atoms with van der Waals surface area (Å²) in [6.07, 6.45) is 4.85. The maximum Gasteiger partial charge on any atom is 0.220 e. The van der Waals surface area contributed by atoms with Crippen LogP contribution in [0, 0.1) is 11.3 Å². The fourth-order valence-electron chi connectivity index (χ4n) is 2.36. The Kier molecular flexibility index (Phi) is 2.75. The lowest BCUT2D eigenvalue weighted by atomic mass is 9.64. The van der Waals surface area contributed by atoms with Gasteiger partial charge in [-0.15, -0.1) is 0 Å². The fourth-order valence-corrected chi connectivity index (χ4v) is 2.36. The molecule has 0 heterocycles. The Morgan fingerprint density at radius 1 is 1.47 bits per heavy atom. The lowest BCUT2D eigenvalue weighted by Gasteiger charge is -2.49. The minimum absolute atomic E-state index is 0.144. The third-order valence-electron chi connectivity index (χ3n) is 4.25. The van der Waals surface area contributed by atoms with Crippen LogP contribution in [-0.2, 0) is 4.79 Å². The summed E-state index contributed by atoms with van der Waals surface area (Å²) in [6.45, 7) is 4.02. The van der Waals surface area contributed by atoms with Crippen LogP contribution in [0.15, 0.2) is 0 Å². The van der Waals surface area contributed by atoms with Crippen molar-refractivity contribution >= 4 is 5.91 Å². The highest BCUT2D eigenvalue weighted by Crippen LogP contribution is 2.40. The summed E-state index contributed by atoms with van der Waals surface area (Å²) in [4.78, 5) is 11.7. The summed E-state index contributed by atoms with van der Waals surface area (Å²) in [7, 11) is 0. The molecule has 0 bridgehead atoms. The molecule has 2 saturated carbocycles. The summed E-state index contributed by atoms with van der Waals surface area (Å²) in [5, 5.41) is 12.6. The smallest absolute Gasteiger partial charge is 0.220 e. The van der Waals surface area contributed by atoms with Crippen LogP contribution in [-0.4, -0.2) is 23.2 Å². The molecular weight excluding hydrogens is 190 g/mol. The number of carbonyl (C=O) groups excluding carboxylic acids is 1. The topological polar surface area (TPSA) is 49.3 Å². The van der Waals surface area contributed by atoms with Gasteiger partial charge in [-0.2, -0.15) is 0 Å². The molecular formula is C12H21NO2. The Morgan fingerprint density at radius 3 is 2.53 bits per heavy atom. The number of carbonyl (C=O) groups is 1. The van der Waals surface area contributed by atoms with Gasteiger partial charge in [-0.1, -0.05) is 20.3 Å². The van der Waals surface area contributed by atoms with Crippen LogP contribution in [0.3, 0.4) is 0 Å². The van der Waals surface area contributed by atoms with E-state index < -0.39 is 0 Å². The highest BCUT2D eigenvalue weighted by Gasteiger charge is 2.47. The van der Waals surface area contributed by atoms with E-state index >= 15 is 0 Å². The third kappa shape index (κ3) is 2.03. The van der Waals surface area contributed by atoms with Gasteiger partial charge in [0.05, 0.1) is 6.10 Å². The zero-order chi connectivity index (χ0) is 11.1. The Labute approximate surface area is 91.2 Å². The Morgan fingerprint density at radius 2 is 2.13 bits per heavy atom. The van der Waals surface area contributed by atoms with Crippen LogP contribution in [0.25, 0.3) is 0 Å². The van der Waals surface area contributed by atoms with Crippen molar-refractivity contribution in [2.24, 2.45) is 11.3 Å². The molecule has 2 N–H and O–H groups in total. The second-order valence-electron chi connectivity index (χ2n) is 5.69. The average molecular weight is 211 g/mol. The SMILES string of the molecule is CC1(C)C(O)CC1NC(=O)CC1CCC1. The summed E-state index contributed by atoms with van der Waals surface area (Å²) in [5.74, 6) is 0.794. The highest BCUT2D eigenvalue weighted by atomic mass is 16.3. The monoisotopic (exact) mass is 211 g/mol. The number of hydrogen-bond donors (Lipinski definition) is 2. The molecule has 0 aliphatic heterocycles. The largest absolute Gasteiger partial charge is 0.392 e. The van der Waals surface area contributed by atoms with Crippen LogP contribution in [0.4, 0.5) is 0 Å². The van der Waals surface area contributed by atoms with Gasteiger partial charge in [-0.3, -0.25) is 4.79 Å². The van der Waals surface area contributed by atoms with E-state index in [9.17, 15) is 9.90 Å². The van der Waals surface area contributed by atoms with Crippen LogP contribution >= 0.6 is 0 Å². The second-order valence-corrected chi connectivity index (χ2v) is 5.69. The van der Waals surface area contributed by atoms with Crippen LogP contribution in [0.5, 0.6) is 0 Å². The van der Waals surface area contributed by atoms with Crippen LogP contribution in [0.2, 0.25) is 0 Å². The van der Waals surface area contributed by atoms with Crippen molar-refractivity contribution in [3.8, 4) is 0 Å². The molecule has 0 aromatic rings. The molecule has 86 valence electrons. The number of amides is 1. The van der Waals surface area contributed by atoms with Gasteiger partial charge in [0.25, 0.3) is 0 Å². The van der Waals surface area contributed by atoms with Crippen molar-refractivity contribution in [2.75, 3.05) is 0 Å². The first-order valence-corrected chi connectivity index (χ1v) is 5.97. The summed E-state index contributed by atoms with van der Waals surface area (Å²) in [5.41, 5.74) is -0.144. The minimum atomic E-state index is -0.258. The first-order chi connectivity index (χ1) is 7.00. The lowest BCUT2D eigenvalue weighted by molar-refractivity contribution is -0.130. The minimum Gasteiger partial charge on any atom is -0.392 e. The van der Waals surface area contributed by atoms with Gasteiger partial charge in [-0.05, 0) is 25.2 Å². The standard InChI is InChI=1S/C12H21NO2/c1-12(2)9(7-10(12)14)13-11(15)6-8-4-3-5-8/h8-10,14H,3-7H2,1-2H3,(H,13,15). The molecule has 2 fully saturated rings. The molecule has 1 amide bonds. The lowest BCUT2D eigenvalue weighted by Crippen LogP contribution is -2.61. The predicted molar refractivity (Wildman–Crippen MR) is 58.3 cm³/mol. The van der Waals surface area contributed by atoms with Gasteiger partial charge in [0.1, 0.15) is 0 Å². The number of hydrogen-bond acceptors (Lipinski definition) is 2. The molecule has 3 nitrogen and oxygen atoms in total. The zero-order valence-electron chi connectivity index (χ0n) is 9.62. The van der Waals surface area contributed by atoms with E-state index in [1.165, 1.54) is 19.3 Å². The van der Waals surface area contributed by atoms with Gasteiger partial charge in [0.15, 0.2) is 0 Å². The molecule has 0 aromatic carbocycles. The molecule has 3 heteroatoms. The number of aliphatic hydroxyl groups is 1. The van der Waals surface area contributed by atoms with Crippen LogP contribution < -0.4 is 5.32 Å². The molecule has 0 saturated heterocycles. The van der Waals surface area contributed by atoms with Gasteiger partial charge >= 0.3 is 0 Å². The molecule has 0 spiro atoms. The molecule has 0 radical (unpaired) electrons. The molecule has 2 aliphatic rings. The summed E-state index contributed by atoms with van der Waals surface area (Å²) >= 11 is 0. The van der Waals surface area contributed by atoms with E-state index in [0.717, 1.165) is 0 Å². The summed E-state index contributed by atoms with van der Waals surface area (Å²) < 4.78 is 0. The second kappa shape index (κ2) is 3.78. The Bertz CT molecular complexity index is 258. The fraction of sp³-hybridized carbons (Fsp3) is 0.917. The van der Waals surface area contributed by atoms with Gasteiger partial charge in [-0.25, -0.2) is 0 Å². The van der Waals surface area contributed by atoms with Crippen molar-refractivity contribution in [1.82, 2.24) is 5.32 Å². The van der Waals surface area contributed by atoms with E-state index in [4.69, 9.17) is 0 Å². The summed E-state index contributed by atoms with van der Waals surface area (Å²) in [6, 6.07) is 0.167. The quantitative estimate of drug-likeness (QED) is 0.742. The third-order valence-corrected chi connectivity index (χ3v) is 4.25. The molecule has 2 aliphatic carbocycles. The van der Waals surface area contributed by atoms with Crippen molar-refractivity contribution in [2.45, 2.75) is 58.1 Å².